The molecule has 1 aromatic carbocycles. The van der Waals surface area contributed by atoms with E-state index in [-0.39, 0.29) is 12.5 Å². The molecular formula is C15H20F2N4O. The van der Waals surface area contributed by atoms with Crippen molar-refractivity contribution in [3.63, 3.8) is 0 Å². The Labute approximate surface area is 128 Å². The number of alkyl halides is 2. The van der Waals surface area contributed by atoms with Gasteiger partial charge in [0.05, 0.1) is 6.54 Å². The summed E-state index contributed by atoms with van der Waals surface area (Å²) in [7, 11) is 0. The number of nitrogens with one attached hydrogen (secondary N) is 2. The van der Waals surface area contributed by atoms with Gasteiger partial charge in [-0.3, -0.25) is 4.79 Å². The molecule has 0 saturated heterocycles. The predicted molar refractivity (Wildman–Crippen MR) is 82.2 cm³/mol. The summed E-state index contributed by atoms with van der Waals surface area (Å²) in [4.78, 5) is 15.2. The molecule has 0 heterocycles. The number of fused-ring (bicyclic) bond motifs is 1. The summed E-state index contributed by atoms with van der Waals surface area (Å²) < 4.78 is 23.9. The molecule has 4 N–H and O–H groups in total. The number of hydrogen-bond donors (Lipinski definition) is 3. The second-order valence-electron chi connectivity index (χ2n) is 5.17. The Hall–Kier alpha value is -2.18. The molecule has 22 heavy (non-hydrogen) atoms. The molecule has 5 nitrogen and oxygen atoms in total. The van der Waals surface area contributed by atoms with Crippen LogP contribution in [0.4, 0.5) is 14.5 Å². The first kappa shape index (κ1) is 16.2. The number of hydrogen-bond acceptors (Lipinski definition) is 2. The Kier molecular flexibility index (Phi) is 5.68. The minimum Gasteiger partial charge on any atom is -0.370 e. The van der Waals surface area contributed by atoms with Crippen LogP contribution in [-0.4, -0.2) is 31.4 Å². The van der Waals surface area contributed by atoms with E-state index in [1.165, 1.54) is 17.5 Å². The molecule has 0 aliphatic heterocycles. The van der Waals surface area contributed by atoms with Gasteiger partial charge in [-0.25, -0.2) is 13.8 Å². The van der Waals surface area contributed by atoms with Gasteiger partial charge >= 0.3 is 0 Å². The fraction of sp³-hybridized carbons (Fsp3) is 0.467. The maximum atomic E-state index is 12.0. The third kappa shape index (κ3) is 4.68. The van der Waals surface area contributed by atoms with Crippen molar-refractivity contribution in [3.05, 3.63) is 29.3 Å². The number of nitrogens with zero attached hydrogens (tertiary/aromatic N) is 1. The van der Waals surface area contributed by atoms with Crippen molar-refractivity contribution in [1.29, 1.82) is 0 Å². The van der Waals surface area contributed by atoms with Crippen LogP contribution in [0.2, 0.25) is 0 Å². The summed E-state index contributed by atoms with van der Waals surface area (Å²) in [5, 5.41) is 5.06. The molecule has 0 saturated carbocycles. The van der Waals surface area contributed by atoms with Crippen LogP contribution in [0.1, 0.15) is 24.0 Å². The number of halogens is 2. The molecule has 1 aliphatic carbocycles. The number of aryl methyl sites for hydroxylation is 1. The Balaban J connectivity index is 1.93. The lowest BCUT2D eigenvalue weighted by Crippen LogP contribution is -2.32. The number of aliphatic imine (C=N–C) groups is 1. The summed E-state index contributed by atoms with van der Waals surface area (Å²) in [6, 6.07) is 5.98. The second kappa shape index (κ2) is 7.72. The van der Waals surface area contributed by atoms with Crippen molar-refractivity contribution in [3.8, 4) is 0 Å². The van der Waals surface area contributed by atoms with Gasteiger partial charge in [0.1, 0.15) is 6.54 Å². The summed E-state index contributed by atoms with van der Waals surface area (Å²) in [5.41, 5.74) is 9.18. The lowest BCUT2D eigenvalue weighted by atomic mass is 9.90. The molecule has 1 aliphatic rings. The molecule has 0 fully saturated rings. The predicted octanol–water partition coefficient (Wildman–Crippen LogP) is 1.67. The van der Waals surface area contributed by atoms with E-state index < -0.39 is 18.9 Å². The highest BCUT2D eigenvalue weighted by molar-refractivity contribution is 5.94. The van der Waals surface area contributed by atoms with Gasteiger partial charge in [-0.05, 0) is 42.9 Å². The Morgan fingerprint density at radius 2 is 2.09 bits per heavy atom. The van der Waals surface area contributed by atoms with Crippen molar-refractivity contribution in [1.82, 2.24) is 5.32 Å². The highest BCUT2D eigenvalue weighted by atomic mass is 19.3. The van der Waals surface area contributed by atoms with Crippen LogP contribution in [0.3, 0.4) is 0 Å². The standard InChI is InChI=1S/C15H20F2N4O/c16-13(17)8-19-14(22)9-20-15(18)21-12-7-3-5-10-4-1-2-6-11(10)12/h3,5,7,13H,1-2,4,6,8-9H2,(H,19,22)(H3,18,20,21). The quantitative estimate of drug-likeness (QED) is 0.572. The molecule has 120 valence electrons. The normalized spacial score (nSPS) is 14.6. The van der Waals surface area contributed by atoms with Gasteiger partial charge in [-0.1, -0.05) is 12.1 Å². The molecular weight excluding hydrogens is 290 g/mol. The lowest BCUT2D eigenvalue weighted by molar-refractivity contribution is -0.120. The minimum atomic E-state index is -2.57. The van der Waals surface area contributed by atoms with Gasteiger partial charge in [0.25, 0.3) is 6.43 Å². The van der Waals surface area contributed by atoms with Crippen LogP contribution in [0.15, 0.2) is 23.2 Å². The zero-order valence-electron chi connectivity index (χ0n) is 12.2. The van der Waals surface area contributed by atoms with Crippen molar-refractivity contribution in [2.75, 3.05) is 18.4 Å². The summed E-state index contributed by atoms with van der Waals surface area (Å²) in [5.74, 6) is -0.480. The highest BCUT2D eigenvalue weighted by Crippen LogP contribution is 2.27. The molecule has 0 unspecified atom stereocenters. The summed E-state index contributed by atoms with van der Waals surface area (Å²) in [6.07, 6.45) is 1.79. The number of benzene rings is 1. The zero-order chi connectivity index (χ0) is 15.9. The van der Waals surface area contributed by atoms with E-state index in [0.717, 1.165) is 24.9 Å². The average molecular weight is 310 g/mol. The van der Waals surface area contributed by atoms with Gasteiger partial charge in [0.2, 0.25) is 5.91 Å². The van der Waals surface area contributed by atoms with Gasteiger partial charge in [-0.15, -0.1) is 0 Å². The van der Waals surface area contributed by atoms with Crippen molar-refractivity contribution in [2.45, 2.75) is 32.1 Å². The van der Waals surface area contributed by atoms with Crippen LogP contribution < -0.4 is 16.4 Å². The van der Waals surface area contributed by atoms with Gasteiger partial charge < -0.3 is 16.4 Å². The Morgan fingerprint density at radius 3 is 2.86 bits per heavy atom. The monoisotopic (exact) mass is 310 g/mol. The molecule has 0 radical (unpaired) electrons. The third-order valence-corrected chi connectivity index (χ3v) is 3.51. The first-order valence-corrected chi connectivity index (χ1v) is 7.29. The van der Waals surface area contributed by atoms with E-state index in [1.54, 1.807) is 0 Å². The van der Waals surface area contributed by atoms with E-state index in [2.05, 4.69) is 21.7 Å². The van der Waals surface area contributed by atoms with Crippen LogP contribution in [0, 0.1) is 0 Å². The first-order valence-electron chi connectivity index (χ1n) is 7.29. The van der Waals surface area contributed by atoms with Crippen LogP contribution in [0.5, 0.6) is 0 Å². The number of amides is 1. The topological polar surface area (TPSA) is 79.5 Å². The van der Waals surface area contributed by atoms with E-state index in [0.29, 0.717) is 0 Å². The maximum Gasteiger partial charge on any atom is 0.255 e. The maximum absolute atomic E-state index is 12.0. The summed E-state index contributed by atoms with van der Waals surface area (Å²) in [6.45, 7) is -0.950. The molecule has 2 rings (SSSR count). The molecule has 0 spiro atoms. The van der Waals surface area contributed by atoms with Gasteiger partial charge in [0.15, 0.2) is 5.96 Å². The van der Waals surface area contributed by atoms with Crippen LogP contribution in [-0.2, 0) is 17.6 Å². The fourth-order valence-corrected chi connectivity index (χ4v) is 2.48. The van der Waals surface area contributed by atoms with Gasteiger partial charge in [0, 0.05) is 5.69 Å². The van der Waals surface area contributed by atoms with E-state index >= 15 is 0 Å². The number of anilines is 1. The Bertz CT molecular complexity index is 560. The molecule has 0 aromatic heterocycles. The lowest BCUT2D eigenvalue weighted by Gasteiger charge is -2.19. The highest BCUT2D eigenvalue weighted by Gasteiger charge is 2.13. The second-order valence-corrected chi connectivity index (χ2v) is 5.17. The average Bonchev–Trinajstić information content (AvgIpc) is 2.51. The molecule has 0 bridgehead atoms. The third-order valence-electron chi connectivity index (χ3n) is 3.51. The number of carbonyl (C=O) groups excluding carboxylic acids is 1. The molecule has 7 heteroatoms. The van der Waals surface area contributed by atoms with Crippen LogP contribution >= 0.6 is 0 Å². The molecule has 1 aromatic rings. The fourth-order valence-electron chi connectivity index (χ4n) is 2.48. The van der Waals surface area contributed by atoms with Crippen LogP contribution in [0.25, 0.3) is 0 Å². The van der Waals surface area contributed by atoms with E-state index in [9.17, 15) is 13.6 Å². The van der Waals surface area contributed by atoms with E-state index in [4.69, 9.17) is 5.73 Å². The SMILES string of the molecule is NC(=NCC(=O)NCC(F)F)Nc1cccc2c1CCCC2. The van der Waals surface area contributed by atoms with E-state index in [1.807, 2.05) is 12.1 Å². The number of rotatable bonds is 5. The minimum absolute atomic E-state index is 0.103. The van der Waals surface area contributed by atoms with Crippen molar-refractivity contribution in [2.24, 2.45) is 10.7 Å². The number of carbonyl (C=O) groups is 1. The largest absolute Gasteiger partial charge is 0.370 e. The Morgan fingerprint density at radius 1 is 1.32 bits per heavy atom. The first-order chi connectivity index (χ1) is 10.6. The smallest absolute Gasteiger partial charge is 0.255 e. The number of nitrogens with two attached hydrogens (primary N) is 1. The summed E-state index contributed by atoms with van der Waals surface area (Å²) >= 11 is 0. The molecule has 0 atom stereocenters. The zero-order valence-corrected chi connectivity index (χ0v) is 12.2. The van der Waals surface area contributed by atoms with Gasteiger partial charge in [-0.2, -0.15) is 0 Å². The molecule has 1 amide bonds. The number of guanidine groups is 1. The van der Waals surface area contributed by atoms with Crippen molar-refractivity contribution < 1.29 is 13.6 Å². The van der Waals surface area contributed by atoms with Crippen molar-refractivity contribution >= 4 is 17.6 Å².